The molecule has 0 saturated carbocycles. The predicted octanol–water partition coefficient (Wildman–Crippen LogP) is 6.30. The molecule has 124 valence electrons. The van der Waals surface area contributed by atoms with Gasteiger partial charge in [-0.1, -0.05) is 60.7 Å². The Morgan fingerprint density at radius 2 is 1.33 bits per heavy atom. The Bertz CT molecular complexity index is 1430. The fourth-order valence-electron chi connectivity index (χ4n) is 4.46. The van der Waals surface area contributed by atoms with Crippen LogP contribution in [0.5, 0.6) is 0 Å². The molecule has 0 fully saturated rings. The predicted molar refractivity (Wildman–Crippen MR) is 110 cm³/mol. The summed E-state index contributed by atoms with van der Waals surface area (Å²) in [5.74, 6) is 0. The van der Waals surface area contributed by atoms with E-state index in [9.17, 15) is 5.26 Å². The first kappa shape index (κ1) is 14.4. The molecule has 0 bridgehead atoms. The topological polar surface area (TPSA) is 28.7 Å². The van der Waals surface area contributed by atoms with Crippen LogP contribution in [-0.4, -0.2) is 4.57 Å². The van der Waals surface area contributed by atoms with Crippen LogP contribution in [0.3, 0.4) is 0 Å². The molecule has 2 nitrogen and oxygen atoms in total. The minimum atomic E-state index is 0.692. The van der Waals surface area contributed by atoms with Gasteiger partial charge in [0.05, 0.1) is 28.4 Å². The maximum Gasteiger partial charge on any atom is 0.0991 e. The number of hydrogen-bond donors (Lipinski definition) is 0. The van der Waals surface area contributed by atoms with E-state index in [-0.39, 0.29) is 0 Å². The molecule has 4 aromatic carbocycles. The van der Waals surface area contributed by atoms with Crippen molar-refractivity contribution in [1.82, 2.24) is 4.57 Å². The molecule has 0 atom stereocenters. The maximum atomic E-state index is 9.38. The zero-order valence-electron chi connectivity index (χ0n) is 14.5. The van der Waals surface area contributed by atoms with Gasteiger partial charge in [-0.05, 0) is 35.4 Å². The Hall–Kier alpha value is -3.83. The number of rotatable bonds is 0. The second kappa shape index (κ2) is 5.09. The van der Waals surface area contributed by atoms with Gasteiger partial charge in [-0.2, -0.15) is 5.26 Å². The van der Waals surface area contributed by atoms with Crippen LogP contribution in [0.4, 0.5) is 0 Å². The number of nitriles is 1. The van der Waals surface area contributed by atoms with Crippen LogP contribution in [0.1, 0.15) is 5.56 Å². The fourth-order valence-corrected chi connectivity index (χ4v) is 4.46. The van der Waals surface area contributed by atoms with Gasteiger partial charge in [0.25, 0.3) is 0 Å². The molecule has 27 heavy (non-hydrogen) atoms. The highest BCUT2D eigenvalue weighted by atomic mass is 15.0. The molecular formula is C25H14N2. The van der Waals surface area contributed by atoms with Crippen molar-refractivity contribution < 1.29 is 0 Å². The van der Waals surface area contributed by atoms with Crippen LogP contribution in [0.2, 0.25) is 0 Å². The highest BCUT2D eigenvalue weighted by Crippen LogP contribution is 2.46. The Balaban J connectivity index is 1.94. The van der Waals surface area contributed by atoms with E-state index in [0.29, 0.717) is 5.56 Å². The van der Waals surface area contributed by atoms with Crippen LogP contribution >= 0.6 is 0 Å². The van der Waals surface area contributed by atoms with Crippen molar-refractivity contribution in [3.8, 4) is 34.0 Å². The Labute approximate surface area is 156 Å². The van der Waals surface area contributed by atoms with Crippen LogP contribution in [0.25, 0.3) is 49.7 Å². The molecule has 2 heteroatoms. The van der Waals surface area contributed by atoms with Crippen LogP contribution in [0, 0.1) is 11.3 Å². The lowest BCUT2D eigenvalue weighted by Gasteiger charge is -2.12. The van der Waals surface area contributed by atoms with Gasteiger partial charge in [-0.15, -0.1) is 0 Å². The molecule has 5 aromatic rings. The molecule has 0 N–H and O–H groups in total. The SMILES string of the molecule is N#Cc1ccc2c(c1)c1cccc3c1n2-c1ccccc1-c1ccccc1-3. The van der Waals surface area contributed by atoms with Gasteiger partial charge < -0.3 is 4.57 Å². The molecule has 0 radical (unpaired) electrons. The van der Waals surface area contributed by atoms with Gasteiger partial charge in [-0.25, -0.2) is 0 Å². The summed E-state index contributed by atoms with van der Waals surface area (Å²) in [6, 6.07) is 31.9. The standard InChI is InChI=1S/C25H14N2/c26-15-16-12-13-24-22(14-16)21-10-5-9-20-18-7-2-1-6-17(18)19-8-3-4-11-23(19)27(24)25(20)21/h1-14H. The van der Waals surface area contributed by atoms with Gasteiger partial charge in [0, 0.05) is 21.9 Å². The van der Waals surface area contributed by atoms with Gasteiger partial charge >= 0.3 is 0 Å². The van der Waals surface area contributed by atoms with Crippen LogP contribution in [0.15, 0.2) is 84.9 Å². The quantitative estimate of drug-likeness (QED) is 0.318. The fraction of sp³-hybridized carbons (Fsp3) is 0. The molecule has 1 aromatic heterocycles. The molecule has 0 amide bonds. The van der Waals surface area contributed by atoms with Crippen molar-refractivity contribution in [2.45, 2.75) is 0 Å². The minimum absolute atomic E-state index is 0.692. The average Bonchev–Trinajstić information content (AvgIpc) is 3.00. The molecule has 0 spiro atoms. The first-order valence-corrected chi connectivity index (χ1v) is 9.03. The summed E-state index contributed by atoms with van der Waals surface area (Å²) < 4.78 is 2.36. The average molecular weight is 342 g/mol. The summed E-state index contributed by atoms with van der Waals surface area (Å²) in [6.45, 7) is 0. The largest absolute Gasteiger partial charge is 0.308 e. The molecule has 2 heterocycles. The normalized spacial score (nSPS) is 11.7. The van der Waals surface area contributed by atoms with Crippen LogP contribution < -0.4 is 0 Å². The second-order valence-electron chi connectivity index (χ2n) is 6.94. The van der Waals surface area contributed by atoms with Gasteiger partial charge in [-0.3, -0.25) is 0 Å². The van der Waals surface area contributed by atoms with Gasteiger partial charge in [0.2, 0.25) is 0 Å². The Kier molecular flexibility index (Phi) is 2.71. The van der Waals surface area contributed by atoms with E-state index < -0.39 is 0 Å². The highest BCUT2D eigenvalue weighted by Gasteiger charge is 2.23. The molecule has 1 aliphatic rings. The summed E-state index contributed by atoms with van der Waals surface area (Å²) in [5.41, 5.74) is 9.18. The smallest absolute Gasteiger partial charge is 0.0991 e. The van der Waals surface area contributed by atoms with E-state index in [2.05, 4.69) is 83.4 Å². The molecule has 6 rings (SSSR count). The molecule has 0 unspecified atom stereocenters. The van der Waals surface area contributed by atoms with E-state index in [0.717, 1.165) is 10.9 Å². The zero-order chi connectivity index (χ0) is 18.0. The van der Waals surface area contributed by atoms with Crippen molar-refractivity contribution >= 4 is 21.8 Å². The number of benzene rings is 4. The number of para-hydroxylation sites is 2. The van der Waals surface area contributed by atoms with E-state index in [1.807, 2.05) is 12.1 Å². The monoisotopic (exact) mass is 342 g/mol. The first-order valence-electron chi connectivity index (χ1n) is 9.03. The van der Waals surface area contributed by atoms with Crippen molar-refractivity contribution in [2.24, 2.45) is 0 Å². The number of nitrogens with zero attached hydrogens (tertiary/aromatic N) is 2. The number of hydrogen-bond acceptors (Lipinski definition) is 1. The minimum Gasteiger partial charge on any atom is -0.308 e. The Morgan fingerprint density at radius 3 is 2.15 bits per heavy atom. The van der Waals surface area contributed by atoms with Gasteiger partial charge in [0.15, 0.2) is 0 Å². The second-order valence-corrected chi connectivity index (χ2v) is 6.94. The lowest BCUT2D eigenvalue weighted by atomic mass is 9.94. The van der Waals surface area contributed by atoms with Crippen molar-refractivity contribution in [1.29, 1.82) is 5.26 Å². The highest BCUT2D eigenvalue weighted by molar-refractivity contribution is 6.16. The third kappa shape index (κ3) is 1.78. The number of aromatic nitrogens is 1. The lowest BCUT2D eigenvalue weighted by Crippen LogP contribution is -1.95. The van der Waals surface area contributed by atoms with Crippen molar-refractivity contribution in [2.75, 3.05) is 0 Å². The van der Waals surface area contributed by atoms with E-state index in [1.165, 1.54) is 38.8 Å². The van der Waals surface area contributed by atoms with Crippen molar-refractivity contribution in [3.63, 3.8) is 0 Å². The third-order valence-electron chi connectivity index (χ3n) is 5.57. The summed E-state index contributed by atoms with van der Waals surface area (Å²) >= 11 is 0. The third-order valence-corrected chi connectivity index (χ3v) is 5.57. The van der Waals surface area contributed by atoms with E-state index >= 15 is 0 Å². The molecule has 1 aliphatic heterocycles. The summed E-state index contributed by atoms with van der Waals surface area (Å²) in [7, 11) is 0. The molecule has 0 aliphatic carbocycles. The zero-order valence-corrected chi connectivity index (χ0v) is 14.5. The maximum absolute atomic E-state index is 9.38. The first-order chi connectivity index (χ1) is 13.4. The molecule has 0 saturated heterocycles. The van der Waals surface area contributed by atoms with Gasteiger partial charge in [0.1, 0.15) is 0 Å². The van der Waals surface area contributed by atoms with E-state index in [1.54, 1.807) is 0 Å². The summed E-state index contributed by atoms with van der Waals surface area (Å²) in [4.78, 5) is 0. The Morgan fingerprint density at radius 1 is 0.630 bits per heavy atom. The van der Waals surface area contributed by atoms with Crippen molar-refractivity contribution in [3.05, 3.63) is 90.5 Å². The summed E-state index contributed by atoms with van der Waals surface area (Å²) in [6.07, 6.45) is 0. The lowest BCUT2D eigenvalue weighted by molar-refractivity contribution is 1.19. The number of fused-ring (bicyclic) bond motifs is 8. The van der Waals surface area contributed by atoms with Crippen LogP contribution in [-0.2, 0) is 0 Å². The van der Waals surface area contributed by atoms with E-state index in [4.69, 9.17) is 0 Å². The molecular weight excluding hydrogens is 328 g/mol. The summed E-state index contributed by atoms with van der Waals surface area (Å²) in [5, 5.41) is 11.7.